The first-order chi connectivity index (χ1) is 13.0. The van der Waals surface area contributed by atoms with Crippen molar-refractivity contribution in [2.75, 3.05) is 19.8 Å². The first-order valence-corrected chi connectivity index (χ1v) is 8.25. The number of halogens is 1. The van der Waals surface area contributed by atoms with E-state index in [-0.39, 0.29) is 18.9 Å². The van der Waals surface area contributed by atoms with Crippen LogP contribution in [0.1, 0.15) is 6.92 Å². The molecule has 144 valence electrons. The third kappa shape index (κ3) is 6.85. The van der Waals surface area contributed by atoms with Crippen molar-refractivity contribution in [3.05, 3.63) is 54.3 Å². The van der Waals surface area contributed by atoms with E-state index in [0.29, 0.717) is 18.1 Å². The summed E-state index contributed by atoms with van der Waals surface area (Å²) in [6.45, 7) is 1.88. The molecule has 0 spiro atoms. The summed E-state index contributed by atoms with van der Waals surface area (Å²) < 4.78 is 28.7. The van der Waals surface area contributed by atoms with E-state index in [1.54, 1.807) is 24.3 Å². The number of carboxylic acid groups (broad SMARTS) is 1. The van der Waals surface area contributed by atoms with Crippen molar-refractivity contribution in [3.8, 4) is 17.2 Å². The Morgan fingerprint density at radius 3 is 2.11 bits per heavy atom. The highest BCUT2D eigenvalue weighted by atomic mass is 19.1. The largest absolute Gasteiger partial charge is 0.494 e. The van der Waals surface area contributed by atoms with Crippen LogP contribution in [0.15, 0.2) is 48.5 Å². The lowest BCUT2D eigenvalue weighted by Gasteiger charge is -2.16. The van der Waals surface area contributed by atoms with Gasteiger partial charge in [-0.2, -0.15) is 0 Å². The summed E-state index contributed by atoms with van der Waals surface area (Å²) >= 11 is 0. The average Bonchev–Trinajstić information content (AvgIpc) is 2.66. The average molecular weight is 377 g/mol. The maximum Gasteiger partial charge on any atom is 0.346 e. The van der Waals surface area contributed by atoms with Crippen LogP contribution < -0.4 is 19.5 Å². The second-order valence-corrected chi connectivity index (χ2v) is 5.40. The standard InChI is InChI=1S/C19H20FNO6/c1-2-25-14-7-9-15(10-8-14)26-12-18(22)21-11-17(19(23)24)27-16-5-3-13(20)4-6-16/h3-10,17H,2,11-12H2,1H3,(H,21,22)(H,23,24). The van der Waals surface area contributed by atoms with Crippen LogP contribution in [0.3, 0.4) is 0 Å². The molecule has 2 rings (SSSR count). The molecule has 0 heterocycles. The number of benzene rings is 2. The zero-order chi connectivity index (χ0) is 19.6. The van der Waals surface area contributed by atoms with Crippen LogP contribution in [0.25, 0.3) is 0 Å². The molecule has 0 aromatic heterocycles. The highest BCUT2D eigenvalue weighted by Crippen LogP contribution is 2.17. The molecule has 2 N–H and O–H groups in total. The predicted molar refractivity (Wildman–Crippen MR) is 94.6 cm³/mol. The summed E-state index contributed by atoms with van der Waals surface area (Å²) in [5.41, 5.74) is 0. The zero-order valence-corrected chi connectivity index (χ0v) is 14.7. The molecule has 27 heavy (non-hydrogen) atoms. The Bertz CT molecular complexity index is 748. The fourth-order valence-corrected chi connectivity index (χ4v) is 2.06. The first kappa shape index (κ1) is 20.0. The van der Waals surface area contributed by atoms with Gasteiger partial charge in [0, 0.05) is 0 Å². The van der Waals surface area contributed by atoms with Gasteiger partial charge in [-0.25, -0.2) is 9.18 Å². The summed E-state index contributed by atoms with van der Waals surface area (Å²) in [5, 5.41) is 11.6. The molecule has 0 radical (unpaired) electrons. The van der Waals surface area contributed by atoms with E-state index in [1.807, 2.05) is 6.92 Å². The number of carbonyl (C=O) groups is 2. The second-order valence-electron chi connectivity index (χ2n) is 5.40. The van der Waals surface area contributed by atoms with Crippen molar-refractivity contribution in [2.45, 2.75) is 13.0 Å². The molecule has 0 aliphatic carbocycles. The Morgan fingerprint density at radius 2 is 1.56 bits per heavy atom. The van der Waals surface area contributed by atoms with Gasteiger partial charge in [-0.15, -0.1) is 0 Å². The zero-order valence-electron chi connectivity index (χ0n) is 14.7. The fraction of sp³-hybridized carbons (Fsp3) is 0.263. The van der Waals surface area contributed by atoms with E-state index in [0.717, 1.165) is 12.1 Å². The van der Waals surface area contributed by atoms with Gasteiger partial charge in [0.05, 0.1) is 13.2 Å². The summed E-state index contributed by atoms with van der Waals surface area (Å²) in [4.78, 5) is 23.1. The number of nitrogens with one attached hydrogen (secondary N) is 1. The number of aliphatic carboxylic acids is 1. The van der Waals surface area contributed by atoms with Gasteiger partial charge in [0.25, 0.3) is 5.91 Å². The van der Waals surface area contributed by atoms with Crippen LogP contribution >= 0.6 is 0 Å². The molecule has 1 atom stereocenters. The first-order valence-electron chi connectivity index (χ1n) is 8.25. The molecular formula is C19H20FNO6. The number of rotatable bonds is 10. The third-order valence-corrected chi connectivity index (χ3v) is 3.36. The Labute approximate surface area is 155 Å². The third-order valence-electron chi connectivity index (χ3n) is 3.36. The van der Waals surface area contributed by atoms with E-state index in [4.69, 9.17) is 14.2 Å². The van der Waals surface area contributed by atoms with Gasteiger partial charge in [0.2, 0.25) is 6.10 Å². The van der Waals surface area contributed by atoms with Crippen LogP contribution in [0.4, 0.5) is 4.39 Å². The Morgan fingerprint density at radius 1 is 1.00 bits per heavy atom. The number of amides is 1. The van der Waals surface area contributed by atoms with Gasteiger partial charge in [0.15, 0.2) is 6.61 Å². The predicted octanol–water partition coefficient (Wildman–Crippen LogP) is 2.25. The van der Waals surface area contributed by atoms with Crippen molar-refractivity contribution in [1.82, 2.24) is 5.32 Å². The van der Waals surface area contributed by atoms with Crippen molar-refractivity contribution in [2.24, 2.45) is 0 Å². The van der Waals surface area contributed by atoms with E-state index in [2.05, 4.69) is 5.32 Å². The van der Waals surface area contributed by atoms with Crippen molar-refractivity contribution >= 4 is 11.9 Å². The number of hydrogen-bond donors (Lipinski definition) is 2. The highest BCUT2D eigenvalue weighted by Gasteiger charge is 2.20. The van der Waals surface area contributed by atoms with Crippen molar-refractivity contribution < 1.29 is 33.3 Å². The quantitative estimate of drug-likeness (QED) is 0.660. The van der Waals surface area contributed by atoms with Crippen LogP contribution in [0.5, 0.6) is 17.2 Å². The van der Waals surface area contributed by atoms with Crippen LogP contribution in [-0.2, 0) is 9.59 Å². The lowest BCUT2D eigenvalue weighted by molar-refractivity contribution is -0.145. The lowest BCUT2D eigenvalue weighted by Crippen LogP contribution is -2.41. The monoisotopic (exact) mass is 377 g/mol. The van der Waals surface area contributed by atoms with E-state index < -0.39 is 23.8 Å². The minimum atomic E-state index is -1.31. The van der Waals surface area contributed by atoms with Gasteiger partial charge in [-0.3, -0.25) is 4.79 Å². The fourth-order valence-electron chi connectivity index (χ4n) is 2.06. The minimum absolute atomic E-state index is 0.184. The molecule has 8 heteroatoms. The molecule has 0 fully saturated rings. The lowest BCUT2D eigenvalue weighted by atomic mass is 10.3. The molecule has 7 nitrogen and oxygen atoms in total. The number of carbonyl (C=O) groups excluding carboxylic acids is 1. The molecule has 0 aliphatic rings. The van der Waals surface area contributed by atoms with E-state index in [1.165, 1.54) is 12.1 Å². The van der Waals surface area contributed by atoms with Crippen molar-refractivity contribution in [3.63, 3.8) is 0 Å². The second kappa shape index (κ2) is 10.0. The summed E-state index contributed by atoms with van der Waals surface area (Å²) in [6.07, 6.45) is -1.31. The number of carboxylic acids is 1. The van der Waals surface area contributed by atoms with Gasteiger partial charge in [-0.05, 0) is 55.5 Å². The molecule has 1 amide bonds. The van der Waals surface area contributed by atoms with Crippen LogP contribution in [-0.4, -0.2) is 42.8 Å². The highest BCUT2D eigenvalue weighted by molar-refractivity contribution is 5.79. The smallest absolute Gasteiger partial charge is 0.346 e. The Balaban J connectivity index is 1.79. The molecule has 0 saturated heterocycles. The molecule has 1 unspecified atom stereocenters. The van der Waals surface area contributed by atoms with E-state index in [9.17, 15) is 19.1 Å². The normalized spacial score (nSPS) is 11.3. The molecule has 0 aliphatic heterocycles. The minimum Gasteiger partial charge on any atom is -0.494 e. The van der Waals surface area contributed by atoms with E-state index >= 15 is 0 Å². The Kier molecular flexibility index (Phi) is 7.42. The maximum atomic E-state index is 12.9. The SMILES string of the molecule is CCOc1ccc(OCC(=O)NCC(Oc2ccc(F)cc2)C(=O)O)cc1. The van der Waals surface area contributed by atoms with Crippen LogP contribution in [0, 0.1) is 5.82 Å². The molecule has 0 saturated carbocycles. The van der Waals surface area contributed by atoms with Gasteiger partial charge >= 0.3 is 5.97 Å². The molecular weight excluding hydrogens is 357 g/mol. The maximum absolute atomic E-state index is 12.9. The number of ether oxygens (including phenoxy) is 3. The molecule has 2 aromatic rings. The Hall–Kier alpha value is -3.29. The van der Waals surface area contributed by atoms with Gasteiger partial charge < -0.3 is 24.6 Å². The van der Waals surface area contributed by atoms with Gasteiger partial charge in [0.1, 0.15) is 23.1 Å². The molecule has 2 aromatic carbocycles. The summed E-state index contributed by atoms with van der Waals surface area (Å²) in [6, 6.07) is 11.7. The number of hydrogen-bond acceptors (Lipinski definition) is 5. The van der Waals surface area contributed by atoms with Crippen molar-refractivity contribution in [1.29, 1.82) is 0 Å². The van der Waals surface area contributed by atoms with Gasteiger partial charge in [-0.1, -0.05) is 0 Å². The summed E-state index contributed by atoms with van der Waals surface area (Å²) in [7, 11) is 0. The molecule has 0 bridgehead atoms. The topological polar surface area (TPSA) is 94.1 Å². The summed E-state index contributed by atoms with van der Waals surface area (Å²) in [5.74, 6) is -0.870. The van der Waals surface area contributed by atoms with Crippen LogP contribution in [0.2, 0.25) is 0 Å².